The zero-order valence-corrected chi connectivity index (χ0v) is 13.7. The second-order valence-corrected chi connectivity index (χ2v) is 7.69. The van der Waals surface area contributed by atoms with E-state index in [9.17, 15) is 8.42 Å². The van der Waals surface area contributed by atoms with Crippen molar-refractivity contribution in [2.75, 3.05) is 19.4 Å². The lowest BCUT2D eigenvalue weighted by molar-refractivity contribution is 0.395. The fourth-order valence-electron chi connectivity index (χ4n) is 3.21. The molecule has 0 amide bonds. The summed E-state index contributed by atoms with van der Waals surface area (Å²) in [5, 5.41) is 3.47. The average molecular weight is 311 g/mol. The second kappa shape index (κ2) is 7.27. The lowest BCUT2D eigenvalue weighted by Crippen LogP contribution is -2.33. The third-order valence-electron chi connectivity index (χ3n) is 4.29. The van der Waals surface area contributed by atoms with Crippen molar-refractivity contribution in [2.45, 2.75) is 43.5 Å². The van der Waals surface area contributed by atoms with Crippen molar-refractivity contribution in [3.8, 4) is 5.75 Å². The van der Waals surface area contributed by atoms with Crippen LogP contribution in [0.3, 0.4) is 0 Å². The molecule has 1 aliphatic carbocycles. The molecule has 21 heavy (non-hydrogen) atoms. The molecule has 0 aromatic heterocycles. The number of sulfone groups is 1. The SMILES string of the molecule is CCNC1CCCC1CCS(=O)(=O)c1ccccc1OC. The third kappa shape index (κ3) is 3.98. The first-order valence-corrected chi connectivity index (χ1v) is 9.33. The summed E-state index contributed by atoms with van der Waals surface area (Å²) < 4.78 is 30.2. The molecule has 2 atom stereocenters. The maximum absolute atomic E-state index is 12.5. The summed E-state index contributed by atoms with van der Waals surface area (Å²) in [6.45, 7) is 3.04. The van der Waals surface area contributed by atoms with Crippen LogP contribution in [0.5, 0.6) is 5.75 Å². The zero-order valence-electron chi connectivity index (χ0n) is 12.8. The largest absolute Gasteiger partial charge is 0.495 e. The summed E-state index contributed by atoms with van der Waals surface area (Å²) in [5.41, 5.74) is 0. The van der Waals surface area contributed by atoms with Gasteiger partial charge in [0.2, 0.25) is 0 Å². The number of hydrogen-bond acceptors (Lipinski definition) is 4. The summed E-state index contributed by atoms with van der Waals surface area (Å²) in [4.78, 5) is 0.311. The van der Waals surface area contributed by atoms with Gasteiger partial charge in [0.05, 0.1) is 12.9 Å². The molecule has 118 valence electrons. The van der Waals surface area contributed by atoms with Crippen molar-refractivity contribution < 1.29 is 13.2 Å². The summed E-state index contributed by atoms with van der Waals surface area (Å²) in [5.74, 6) is 1.10. The van der Waals surface area contributed by atoms with Gasteiger partial charge in [0, 0.05) is 6.04 Å². The van der Waals surface area contributed by atoms with Crippen LogP contribution >= 0.6 is 0 Å². The minimum atomic E-state index is -3.28. The minimum Gasteiger partial charge on any atom is -0.495 e. The van der Waals surface area contributed by atoms with Gasteiger partial charge in [-0.3, -0.25) is 0 Å². The first-order chi connectivity index (χ1) is 10.1. The van der Waals surface area contributed by atoms with E-state index >= 15 is 0 Å². The molecule has 0 heterocycles. The highest BCUT2D eigenvalue weighted by Crippen LogP contribution is 2.31. The van der Waals surface area contributed by atoms with Gasteiger partial charge in [-0.2, -0.15) is 0 Å². The van der Waals surface area contributed by atoms with E-state index in [-0.39, 0.29) is 5.75 Å². The van der Waals surface area contributed by atoms with Crippen molar-refractivity contribution in [3.63, 3.8) is 0 Å². The second-order valence-electron chi connectivity index (χ2n) is 5.61. The van der Waals surface area contributed by atoms with Crippen LogP contribution < -0.4 is 10.1 Å². The highest BCUT2D eigenvalue weighted by molar-refractivity contribution is 7.91. The van der Waals surface area contributed by atoms with Crippen LogP contribution in [0.2, 0.25) is 0 Å². The monoisotopic (exact) mass is 311 g/mol. The lowest BCUT2D eigenvalue weighted by Gasteiger charge is -2.20. The average Bonchev–Trinajstić information content (AvgIpc) is 2.93. The Morgan fingerprint density at radius 3 is 2.76 bits per heavy atom. The van der Waals surface area contributed by atoms with Crippen LogP contribution in [0.25, 0.3) is 0 Å². The first-order valence-electron chi connectivity index (χ1n) is 7.67. The standard InChI is InChI=1S/C16H25NO3S/c1-3-17-14-8-6-7-13(14)11-12-21(18,19)16-10-5-4-9-15(16)20-2/h4-5,9-10,13-14,17H,3,6-8,11-12H2,1-2H3. The molecule has 2 rings (SSSR count). The van der Waals surface area contributed by atoms with Gasteiger partial charge < -0.3 is 10.1 Å². The maximum atomic E-state index is 12.5. The number of hydrogen-bond donors (Lipinski definition) is 1. The van der Waals surface area contributed by atoms with E-state index in [2.05, 4.69) is 12.2 Å². The van der Waals surface area contributed by atoms with E-state index in [4.69, 9.17) is 4.74 Å². The first kappa shape index (κ1) is 16.3. The number of nitrogens with one attached hydrogen (secondary N) is 1. The van der Waals surface area contributed by atoms with Crippen LogP contribution in [0.1, 0.15) is 32.6 Å². The third-order valence-corrected chi connectivity index (χ3v) is 6.07. The molecule has 0 radical (unpaired) electrons. The highest BCUT2D eigenvalue weighted by atomic mass is 32.2. The molecule has 1 aromatic rings. The van der Waals surface area contributed by atoms with Gasteiger partial charge in [-0.05, 0) is 43.9 Å². The fourth-order valence-corrected chi connectivity index (χ4v) is 4.78. The van der Waals surface area contributed by atoms with Crippen LogP contribution in [-0.4, -0.2) is 33.9 Å². The van der Waals surface area contributed by atoms with E-state index < -0.39 is 9.84 Å². The molecular weight excluding hydrogens is 286 g/mol. The van der Waals surface area contributed by atoms with Crippen LogP contribution in [0.4, 0.5) is 0 Å². The highest BCUT2D eigenvalue weighted by Gasteiger charge is 2.28. The zero-order chi connectivity index (χ0) is 15.3. The molecule has 1 N–H and O–H groups in total. The topological polar surface area (TPSA) is 55.4 Å². The molecule has 2 unspecified atom stereocenters. The van der Waals surface area contributed by atoms with Crippen molar-refractivity contribution >= 4 is 9.84 Å². The fraction of sp³-hybridized carbons (Fsp3) is 0.625. The number of benzene rings is 1. The Hall–Kier alpha value is -1.07. The van der Waals surface area contributed by atoms with E-state index in [1.807, 2.05) is 0 Å². The van der Waals surface area contributed by atoms with E-state index in [0.29, 0.717) is 22.6 Å². The van der Waals surface area contributed by atoms with Gasteiger partial charge in [-0.25, -0.2) is 8.42 Å². The Bertz CT molecular complexity index is 556. The molecule has 1 aromatic carbocycles. The van der Waals surface area contributed by atoms with Gasteiger partial charge in [-0.1, -0.05) is 25.5 Å². The Morgan fingerprint density at radius 2 is 2.05 bits per heavy atom. The van der Waals surface area contributed by atoms with Gasteiger partial charge in [0.15, 0.2) is 9.84 Å². The Labute approximate surface area is 127 Å². The van der Waals surface area contributed by atoms with Crippen LogP contribution in [0, 0.1) is 5.92 Å². The van der Waals surface area contributed by atoms with Gasteiger partial charge in [0.1, 0.15) is 10.6 Å². The minimum absolute atomic E-state index is 0.194. The predicted molar refractivity (Wildman–Crippen MR) is 84.5 cm³/mol. The van der Waals surface area contributed by atoms with Crippen molar-refractivity contribution in [1.82, 2.24) is 5.32 Å². The summed E-state index contributed by atoms with van der Waals surface area (Å²) in [6, 6.07) is 7.33. The number of rotatable bonds is 7. The molecule has 4 nitrogen and oxygen atoms in total. The van der Waals surface area contributed by atoms with Gasteiger partial charge in [0.25, 0.3) is 0 Å². The van der Waals surface area contributed by atoms with Crippen molar-refractivity contribution in [1.29, 1.82) is 0 Å². The lowest BCUT2D eigenvalue weighted by atomic mass is 10.0. The molecule has 0 aliphatic heterocycles. The Kier molecular flexibility index (Phi) is 5.65. The van der Waals surface area contributed by atoms with Crippen LogP contribution in [0.15, 0.2) is 29.2 Å². The number of methoxy groups -OCH3 is 1. The molecule has 0 bridgehead atoms. The van der Waals surface area contributed by atoms with E-state index in [1.54, 1.807) is 24.3 Å². The molecule has 0 saturated heterocycles. The quantitative estimate of drug-likeness (QED) is 0.841. The Balaban J connectivity index is 2.04. The molecule has 1 fully saturated rings. The normalized spacial score (nSPS) is 22.4. The summed E-state index contributed by atoms with van der Waals surface area (Å²) in [6.07, 6.45) is 4.20. The molecule has 5 heteroatoms. The smallest absolute Gasteiger partial charge is 0.182 e. The van der Waals surface area contributed by atoms with Crippen molar-refractivity contribution in [3.05, 3.63) is 24.3 Å². The summed E-state index contributed by atoms with van der Waals surface area (Å²) >= 11 is 0. The summed E-state index contributed by atoms with van der Waals surface area (Å²) in [7, 11) is -1.78. The predicted octanol–water partition coefficient (Wildman–Crippen LogP) is 2.64. The van der Waals surface area contributed by atoms with E-state index in [0.717, 1.165) is 25.8 Å². The van der Waals surface area contributed by atoms with Gasteiger partial charge in [-0.15, -0.1) is 0 Å². The van der Waals surface area contributed by atoms with Crippen molar-refractivity contribution in [2.24, 2.45) is 5.92 Å². The maximum Gasteiger partial charge on any atom is 0.182 e. The van der Waals surface area contributed by atoms with Gasteiger partial charge >= 0.3 is 0 Å². The molecule has 0 spiro atoms. The molecular formula is C16H25NO3S. The Morgan fingerprint density at radius 1 is 1.29 bits per heavy atom. The molecule has 1 aliphatic rings. The molecule has 1 saturated carbocycles. The van der Waals surface area contributed by atoms with Crippen LogP contribution in [-0.2, 0) is 9.84 Å². The number of para-hydroxylation sites is 1. The van der Waals surface area contributed by atoms with E-state index in [1.165, 1.54) is 13.5 Å². The number of ether oxygens (including phenoxy) is 1.